The zero-order chi connectivity index (χ0) is 12.6. The normalized spacial score (nSPS) is 18.9. The molecule has 1 aromatic carbocycles. The molecule has 1 aliphatic rings. The number of carbonyl (C=O) groups is 1. The van der Waals surface area contributed by atoms with Crippen LogP contribution in [0.4, 0.5) is 0 Å². The van der Waals surface area contributed by atoms with Gasteiger partial charge in [-0.1, -0.05) is 12.1 Å². The van der Waals surface area contributed by atoms with Crippen molar-refractivity contribution in [3.63, 3.8) is 0 Å². The van der Waals surface area contributed by atoms with E-state index in [4.69, 9.17) is 10.5 Å². The van der Waals surface area contributed by atoms with Gasteiger partial charge in [0.2, 0.25) is 0 Å². The highest BCUT2D eigenvalue weighted by Crippen LogP contribution is 2.32. The summed E-state index contributed by atoms with van der Waals surface area (Å²) in [6.45, 7) is 5.62. The molecule has 1 atom stereocenters. The van der Waals surface area contributed by atoms with Crippen molar-refractivity contribution in [1.82, 2.24) is 0 Å². The zero-order valence-corrected chi connectivity index (χ0v) is 10.6. The molecule has 3 nitrogen and oxygen atoms in total. The molecule has 2 N–H and O–H groups in total. The molecule has 0 radical (unpaired) electrons. The van der Waals surface area contributed by atoms with Gasteiger partial charge in [-0.25, -0.2) is 4.79 Å². The van der Waals surface area contributed by atoms with Gasteiger partial charge in [0.1, 0.15) is 5.60 Å². The Balaban J connectivity index is 2.32. The molecule has 1 aromatic rings. The molecule has 0 fully saturated rings. The first kappa shape index (κ1) is 12.1. The molecule has 0 bridgehead atoms. The fourth-order valence-corrected chi connectivity index (χ4v) is 2.21. The summed E-state index contributed by atoms with van der Waals surface area (Å²) in [5.41, 5.74) is 8.36. The second-order valence-corrected chi connectivity index (χ2v) is 5.52. The molecule has 92 valence electrons. The Kier molecular flexibility index (Phi) is 2.96. The van der Waals surface area contributed by atoms with Gasteiger partial charge in [-0.15, -0.1) is 0 Å². The fraction of sp³-hybridized carbons (Fsp3) is 0.500. The van der Waals surface area contributed by atoms with Crippen LogP contribution in [0.5, 0.6) is 0 Å². The number of hydrogen-bond acceptors (Lipinski definition) is 3. The molecule has 0 saturated heterocycles. The Labute approximate surface area is 102 Å². The third kappa shape index (κ3) is 2.50. The van der Waals surface area contributed by atoms with E-state index in [0.717, 1.165) is 24.0 Å². The van der Waals surface area contributed by atoms with Gasteiger partial charge in [0.05, 0.1) is 5.56 Å². The van der Waals surface area contributed by atoms with E-state index in [1.54, 1.807) is 0 Å². The van der Waals surface area contributed by atoms with Gasteiger partial charge in [-0.3, -0.25) is 0 Å². The summed E-state index contributed by atoms with van der Waals surface area (Å²) in [7, 11) is 0. The topological polar surface area (TPSA) is 52.3 Å². The number of fused-ring (bicyclic) bond motifs is 1. The van der Waals surface area contributed by atoms with Crippen LogP contribution in [0.3, 0.4) is 0 Å². The van der Waals surface area contributed by atoms with E-state index in [2.05, 4.69) is 0 Å². The van der Waals surface area contributed by atoms with Crippen LogP contribution in [0.25, 0.3) is 0 Å². The highest BCUT2D eigenvalue weighted by molar-refractivity contribution is 5.92. The molecular weight excluding hydrogens is 214 g/mol. The van der Waals surface area contributed by atoms with E-state index in [1.807, 2.05) is 39.0 Å². The van der Waals surface area contributed by atoms with Crippen molar-refractivity contribution < 1.29 is 9.53 Å². The van der Waals surface area contributed by atoms with Gasteiger partial charge in [-0.2, -0.15) is 0 Å². The summed E-state index contributed by atoms with van der Waals surface area (Å²) in [6, 6.07) is 5.77. The predicted octanol–water partition coefficient (Wildman–Crippen LogP) is 2.59. The van der Waals surface area contributed by atoms with Crippen LogP contribution in [0, 0.1) is 0 Å². The van der Waals surface area contributed by atoms with Crippen LogP contribution >= 0.6 is 0 Å². The predicted molar refractivity (Wildman–Crippen MR) is 66.9 cm³/mol. The molecule has 0 aromatic heterocycles. The summed E-state index contributed by atoms with van der Waals surface area (Å²) in [5, 5.41) is 0. The van der Waals surface area contributed by atoms with Crippen molar-refractivity contribution in [2.75, 3.05) is 0 Å². The maximum Gasteiger partial charge on any atom is 0.338 e. The average molecular weight is 233 g/mol. The third-order valence-electron chi connectivity index (χ3n) is 2.94. The van der Waals surface area contributed by atoms with Crippen LogP contribution in [0.15, 0.2) is 18.2 Å². The smallest absolute Gasteiger partial charge is 0.338 e. The third-order valence-corrected chi connectivity index (χ3v) is 2.94. The first-order chi connectivity index (χ1) is 7.88. The lowest BCUT2D eigenvalue weighted by Crippen LogP contribution is -2.24. The van der Waals surface area contributed by atoms with Gasteiger partial charge in [0.15, 0.2) is 0 Å². The van der Waals surface area contributed by atoms with Crippen molar-refractivity contribution >= 4 is 5.97 Å². The molecule has 0 aliphatic heterocycles. The summed E-state index contributed by atoms with van der Waals surface area (Å²) in [4.78, 5) is 12.1. The fourth-order valence-electron chi connectivity index (χ4n) is 2.21. The molecule has 1 unspecified atom stereocenters. The lowest BCUT2D eigenvalue weighted by molar-refractivity contribution is 0.00684. The summed E-state index contributed by atoms with van der Waals surface area (Å²) in [5.74, 6) is -0.247. The van der Waals surface area contributed by atoms with Crippen molar-refractivity contribution in [1.29, 1.82) is 0 Å². The monoisotopic (exact) mass is 233 g/mol. The van der Waals surface area contributed by atoms with Crippen molar-refractivity contribution in [2.24, 2.45) is 5.73 Å². The van der Waals surface area contributed by atoms with E-state index in [9.17, 15) is 4.79 Å². The highest BCUT2D eigenvalue weighted by Gasteiger charge is 2.26. The molecule has 0 heterocycles. The quantitative estimate of drug-likeness (QED) is 0.758. The largest absolute Gasteiger partial charge is 0.456 e. The Morgan fingerprint density at radius 2 is 2.12 bits per heavy atom. The molecular formula is C14H19NO2. The van der Waals surface area contributed by atoms with Crippen molar-refractivity contribution in [3.8, 4) is 0 Å². The SMILES string of the molecule is CC(C)(C)OC(=O)c1cccc2c1CCC2N. The molecule has 0 amide bonds. The lowest BCUT2D eigenvalue weighted by atomic mass is 10.0. The van der Waals surface area contributed by atoms with Crippen LogP contribution in [0.2, 0.25) is 0 Å². The summed E-state index contributed by atoms with van der Waals surface area (Å²) < 4.78 is 5.40. The van der Waals surface area contributed by atoms with Crippen LogP contribution < -0.4 is 5.73 Å². The van der Waals surface area contributed by atoms with Gasteiger partial charge in [0.25, 0.3) is 0 Å². The van der Waals surface area contributed by atoms with Crippen molar-refractivity contribution in [3.05, 3.63) is 34.9 Å². The van der Waals surface area contributed by atoms with Gasteiger partial charge >= 0.3 is 5.97 Å². The average Bonchev–Trinajstić information content (AvgIpc) is 2.58. The van der Waals surface area contributed by atoms with Crippen LogP contribution in [0.1, 0.15) is 54.7 Å². The number of carbonyl (C=O) groups excluding carboxylic acids is 1. The first-order valence-corrected chi connectivity index (χ1v) is 5.99. The maximum atomic E-state index is 12.1. The van der Waals surface area contributed by atoms with Gasteiger partial charge in [-0.05, 0) is 50.8 Å². The molecule has 17 heavy (non-hydrogen) atoms. The molecule has 2 rings (SSSR count). The second-order valence-electron chi connectivity index (χ2n) is 5.52. The highest BCUT2D eigenvalue weighted by atomic mass is 16.6. The minimum atomic E-state index is -0.458. The molecule has 1 aliphatic carbocycles. The van der Waals surface area contributed by atoms with Gasteiger partial charge in [0, 0.05) is 6.04 Å². The summed E-state index contributed by atoms with van der Waals surface area (Å²) in [6.07, 6.45) is 1.78. The second kappa shape index (κ2) is 4.15. The van der Waals surface area contributed by atoms with Crippen LogP contribution in [-0.2, 0) is 11.2 Å². The molecule has 0 spiro atoms. The number of ether oxygens (including phenoxy) is 1. The lowest BCUT2D eigenvalue weighted by Gasteiger charge is -2.20. The minimum absolute atomic E-state index is 0.0624. The van der Waals surface area contributed by atoms with E-state index in [0.29, 0.717) is 5.56 Å². The number of nitrogens with two attached hydrogens (primary N) is 1. The number of esters is 1. The maximum absolute atomic E-state index is 12.1. The Hall–Kier alpha value is -1.35. The van der Waals surface area contributed by atoms with Crippen molar-refractivity contribution in [2.45, 2.75) is 45.3 Å². The van der Waals surface area contributed by atoms with E-state index < -0.39 is 5.60 Å². The van der Waals surface area contributed by atoms with E-state index in [1.165, 1.54) is 0 Å². The van der Waals surface area contributed by atoms with E-state index in [-0.39, 0.29) is 12.0 Å². The summed E-state index contributed by atoms with van der Waals surface area (Å²) >= 11 is 0. The number of hydrogen-bond donors (Lipinski definition) is 1. The zero-order valence-electron chi connectivity index (χ0n) is 10.6. The molecule has 0 saturated carbocycles. The number of rotatable bonds is 1. The first-order valence-electron chi connectivity index (χ1n) is 5.99. The minimum Gasteiger partial charge on any atom is -0.456 e. The van der Waals surface area contributed by atoms with Crippen LogP contribution in [-0.4, -0.2) is 11.6 Å². The Morgan fingerprint density at radius 1 is 1.41 bits per heavy atom. The Bertz CT molecular complexity index is 446. The standard InChI is InChI=1S/C14H19NO2/c1-14(2,3)17-13(16)11-6-4-5-10-9(11)7-8-12(10)15/h4-6,12H,7-8,15H2,1-3H3. The number of benzene rings is 1. The van der Waals surface area contributed by atoms with E-state index >= 15 is 0 Å². The molecule has 3 heteroatoms. The van der Waals surface area contributed by atoms with Gasteiger partial charge < -0.3 is 10.5 Å². The Morgan fingerprint density at radius 3 is 2.76 bits per heavy atom.